The van der Waals surface area contributed by atoms with Crippen molar-refractivity contribution in [1.82, 2.24) is 19.1 Å². The average molecular weight is 436 g/mol. The summed E-state index contributed by atoms with van der Waals surface area (Å²) in [4.78, 5) is 9.08. The fourth-order valence-electron chi connectivity index (χ4n) is 3.20. The van der Waals surface area contributed by atoms with Crippen LogP contribution in [0.3, 0.4) is 0 Å². The molecular formula is C20H13IN4. The highest BCUT2D eigenvalue weighted by atomic mass is 127. The molecule has 0 saturated carbocycles. The van der Waals surface area contributed by atoms with Gasteiger partial charge in [0.1, 0.15) is 12.7 Å². The molecule has 0 atom stereocenters. The molecule has 0 aliphatic heterocycles. The molecule has 2 aromatic heterocycles. The summed E-state index contributed by atoms with van der Waals surface area (Å²) in [6, 6.07) is 22.8. The number of aromatic nitrogens is 4. The topological polar surface area (TPSA) is 35.6 Å². The van der Waals surface area contributed by atoms with Crippen LogP contribution in [0.4, 0.5) is 0 Å². The summed E-state index contributed by atoms with van der Waals surface area (Å²) in [5.74, 6) is 0. The van der Waals surface area contributed by atoms with E-state index in [2.05, 4.69) is 72.0 Å². The number of imidazole rings is 2. The van der Waals surface area contributed by atoms with Gasteiger partial charge in [-0.2, -0.15) is 0 Å². The van der Waals surface area contributed by atoms with Crippen molar-refractivity contribution in [3.05, 3.63) is 83.0 Å². The summed E-state index contributed by atoms with van der Waals surface area (Å²) < 4.78 is 5.45. The maximum atomic E-state index is 4.55. The molecule has 120 valence electrons. The van der Waals surface area contributed by atoms with E-state index in [1.165, 1.54) is 3.57 Å². The fourth-order valence-corrected chi connectivity index (χ4v) is 3.67. The third-order valence-corrected chi connectivity index (χ3v) is 5.03. The second kappa shape index (κ2) is 5.70. The van der Waals surface area contributed by atoms with Crippen molar-refractivity contribution in [2.75, 3.05) is 0 Å². The Kier molecular flexibility index (Phi) is 3.34. The van der Waals surface area contributed by atoms with Crippen LogP contribution in [0, 0.1) is 3.57 Å². The number of nitrogens with zero attached hydrogens (tertiary/aromatic N) is 4. The molecule has 0 saturated heterocycles. The number of hydrogen-bond acceptors (Lipinski definition) is 2. The summed E-state index contributed by atoms with van der Waals surface area (Å²) in [7, 11) is 0. The minimum Gasteiger partial charge on any atom is -0.297 e. The Labute approximate surface area is 157 Å². The Hall–Kier alpha value is -2.67. The van der Waals surface area contributed by atoms with Crippen LogP contribution in [0.2, 0.25) is 0 Å². The average Bonchev–Trinajstić information content (AvgIpc) is 3.26. The number of hydrogen-bond donors (Lipinski definition) is 0. The molecule has 25 heavy (non-hydrogen) atoms. The van der Waals surface area contributed by atoms with Crippen molar-refractivity contribution < 1.29 is 0 Å². The van der Waals surface area contributed by atoms with Gasteiger partial charge in [-0.3, -0.25) is 9.13 Å². The maximum Gasteiger partial charge on any atom is 0.100 e. The minimum atomic E-state index is 0.988. The van der Waals surface area contributed by atoms with Gasteiger partial charge in [-0.1, -0.05) is 24.3 Å². The highest BCUT2D eigenvalue weighted by molar-refractivity contribution is 14.1. The van der Waals surface area contributed by atoms with Gasteiger partial charge >= 0.3 is 0 Å². The number of benzene rings is 3. The molecule has 0 bridgehead atoms. The SMILES string of the molecule is Ic1ccc(-n2cnc3ccccc32)c(-n2cnc3ccccc32)c1. The third kappa shape index (κ3) is 2.34. The lowest BCUT2D eigenvalue weighted by Crippen LogP contribution is -2.02. The number of para-hydroxylation sites is 4. The fraction of sp³-hybridized carbons (Fsp3) is 0. The van der Waals surface area contributed by atoms with Gasteiger partial charge in [-0.25, -0.2) is 9.97 Å². The molecule has 0 aliphatic carbocycles. The Morgan fingerprint density at radius 2 is 1.20 bits per heavy atom. The number of rotatable bonds is 2. The summed E-state index contributed by atoms with van der Waals surface area (Å²) in [5.41, 5.74) is 6.33. The van der Waals surface area contributed by atoms with Gasteiger partial charge in [-0.15, -0.1) is 0 Å². The molecule has 5 heteroatoms. The van der Waals surface area contributed by atoms with E-state index in [0.717, 1.165) is 33.4 Å². The maximum absolute atomic E-state index is 4.55. The summed E-state index contributed by atoms with van der Waals surface area (Å²) in [6.45, 7) is 0. The van der Waals surface area contributed by atoms with E-state index in [4.69, 9.17) is 0 Å². The van der Waals surface area contributed by atoms with E-state index < -0.39 is 0 Å². The Balaban J connectivity index is 1.82. The number of halogens is 1. The quantitative estimate of drug-likeness (QED) is 0.367. The third-order valence-electron chi connectivity index (χ3n) is 4.36. The monoisotopic (exact) mass is 436 g/mol. The zero-order valence-electron chi connectivity index (χ0n) is 13.2. The van der Waals surface area contributed by atoms with Crippen molar-refractivity contribution in [2.45, 2.75) is 0 Å². The van der Waals surface area contributed by atoms with Crippen LogP contribution in [-0.4, -0.2) is 19.1 Å². The molecule has 2 heterocycles. The molecule has 3 aromatic carbocycles. The van der Waals surface area contributed by atoms with Crippen LogP contribution in [0.1, 0.15) is 0 Å². The van der Waals surface area contributed by atoms with Gasteiger partial charge in [0.2, 0.25) is 0 Å². The standard InChI is InChI=1S/C20H13IN4/c21-14-9-10-19(24-12-22-15-5-1-3-7-17(15)24)20(11-14)25-13-23-16-6-2-4-8-18(16)25/h1-13H. The van der Waals surface area contributed by atoms with Crippen LogP contribution < -0.4 is 0 Å². The lowest BCUT2D eigenvalue weighted by Gasteiger charge is -2.13. The summed E-state index contributed by atoms with van der Waals surface area (Å²) in [6.07, 6.45) is 3.77. The zero-order valence-corrected chi connectivity index (χ0v) is 15.3. The molecule has 0 unspecified atom stereocenters. The predicted molar refractivity (Wildman–Crippen MR) is 108 cm³/mol. The highest BCUT2D eigenvalue weighted by Gasteiger charge is 2.13. The zero-order chi connectivity index (χ0) is 16.8. The smallest absolute Gasteiger partial charge is 0.100 e. The van der Waals surface area contributed by atoms with Gasteiger partial charge in [0.15, 0.2) is 0 Å². The summed E-state index contributed by atoms with van der Waals surface area (Å²) in [5, 5.41) is 0. The molecule has 0 aliphatic rings. The van der Waals surface area contributed by atoms with Crippen LogP contribution in [0.15, 0.2) is 79.4 Å². The van der Waals surface area contributed by atoms with E-state index >= 15 is 0 Å². The Morgan fingerprint density at radius 1 is 0.640 bits per heavy atom. The van der Waals surface area contributed by atoms with E-state index in [1.54, 1.807) is 0 Å². The summed E-state index contributed by atoms with van der Waals surface area (Å²) >= 11 is 2.35. The van der Waals surface area contributed by atoms with Gasteiger partial charge < -0.3 is 0 Å². The minimum absolute atomic E-state index is 0.988. The van der Waals surface area contributed by atoms with E-state index in [0.29, 0.717) is 0 Å². The van der Waals surface area contributed by atoms with E-state index in [1.807, 2.05) is 49.1 Å². The Morgan fingerprint density at radius 3 is 1.84 bits per heavy atom. The van der Waals surface area contributed by atoms with Crippen molar-refractivity contribution in [2.24, 2.45) is 0 Å². The molecule has 0 amide bonds. The van der Waals surface area contributed by atoms with Gasteiger partial charge in [0.05, 0.1) is 33.4 Å². The predicted octanol–water partition coefficient (Wildman–Crippen LogP) is 4.97. The second-order valence-corrected chi connectivity index (χ2v) is 7.09. The van der Waals surface area contributed by atoms with Crippen LogP contribution in [-0.2, 0) is 0 Å². The first-order valence-corrected chi connectivity index (χ1v) is 9.03. The van der Waals surface area contributed by atoms with Crippen LogP contribution in [0.5, 0.6) is 0 Å². The first kappa shape index (κ1) is 14.7. The van der Waals surface area contributed by atoms with Crippen molar-refractivity contribution >= 4 is 44.7 Å². The highest BCUT2D eigenvalue weighted by Crippen LogP contribution is 2.28. The normalized spacial score (nSPS) is 11.4. The molecule has 5 rings (SSSR count). The first-order chi connectivity index (χ1) is 12.3. The molecular weight excluding hydrogens is 423 g/mol. The first-order valence-electron chi connectivity index (χ1n) is 7.96. The second-order valence-electron chi connectivity index (χ2n) is 5.84. The van der Waals surface area contributed by atoms with Gasteiger partial charge in [0, 0.05) is 3.57 Å². The van der Waals surface area contributed by atoms with E-state index in [-0.39, 0.29) is 0 Å². The number of fused-ring (bicyclic) bond motifs is 2. The Bertz CT molecular complexity index is 1220. The van der Waals surface area contributed by atoms with Crippen molar-refractivity contribution in [3.8, 4) is 11.4 Å². The molecule has 0 spiro atoms. The van der Waals surface area contributed by atoms with Gasteiger partial charge in [0.25, 0.3) is 0 Å². The van der Waals surface area contributed by atoms with E-state index in [9.17, 15) is 0 Å². The molecule has 0 N–H and O–H groups in total. The van der Waals surface area contributed by atoms with Crippen LogP contribution >= 0.6 is 22.6 Å². The molecule has 0 radical (unpaired) electrons. The molecule has 4 nitrogen and oxygen atoms in total. The van der Waals surface area contributed by atoms with Gasteiger partial charge in [-0.05, 0) is 65.1 Å². The van der Waals surface area contributed by atoms with Crippen molar-refractivity contribution in [1.29, 1.82) is 0 Å². The molecule has 5 aromatic rings. The van der Waals surface area contributed by atoms with Crippen LogP contribution in [0.25, 0.3) is 33.4 Å². The van der Waals surface area contributed by atoms with Crippen molar-refractivity contribution in [3.63, 3.8) is 0 Å². The molecule has 0 fully saturated rings. The lowest BCUT2D eigenvalue weighted by molar-refractivity contribution is 1.02. The lowest BCUT2D eigenvalue weighted by atomic mass is 10.2. The largest absolute Gasteiger partial charge is 0.297 e.